The van der Waals surface area contributed by atoms with Gasteiger partial charge in [-0.25, -0.2) is 8.42 Å². The summed E-state index contributed by atoms with van der Waals surface area (Å²) in [5, 5.41) is 3.45. The van der Waals surface area contributed by atoms with Crippen LogP contribution in [0.15, 0.2) is 11.5 Å². The fraction of sp³-hybridized carbons (Fsp3) is 0.625. The molecule has 1 heterocycles. The highest BCUT2D eigenvalue weighted by Crippen LogP contribution is 2.21. The smallest absolute Gasteiger partial charge is 0.279 e. The van der Waals surface area contributed by atoms with Crippen LogP contribution in [0.25, 0.3) is 0 Å². The van der Waals surface area contributed by atoms with Crippen molar-refractivity contribution in [1.29, 1.82) is 0 Å². The van der Waals surface area contributed by atoms with Crippen LogP contribution in [0.1, 0.15) is 13.8 Å². The highest BCUT2D eigenvalue weighted by Gasteiger charge is 2.24. The summed E-state index contributed by atoms with van der Waals surface area (Å²) in [4.78, 5) is 11.2. The van der Waals surface area contributed by atoms with Crippen LogP contribution in [0.3, 0.4) is 0 Å². The monoisotopic (exact) mass is 235 g/mol. The van der Waals surface area contributed by atoms with Crippen molar-refractivity contribution in [2.75, 3.05) is 5.75 Å². The number of amides is 1. The van der Waals surface area contributed by atoms with Crippen molar-refractivity contribution in [2.45, 2.75) is 25.1 Å². The molecule has 0 saturated heterocycles. The van der Waals surface area contributed by atoms with Gasteiger partial charge in [-0.2, -0.15) is 0 Å². The van der Waals surface area contributed by atoms with Crippen molar-refractivity contribution < 1.29 is 13.2 Å². The molecule has 0 unspecified atom stereocenters. The first-order valence-corrected chi connectivity index (χ1v) is 6.87. The fourth-order valence-electron chi connectivity index (χ4n) is 1.03. The van der Waals surface area contributed by atoms with Crippen LogP contribution < -0.4 is 5.32 Å². The zero-order valence-corrected chi connectivity index (χ0v) is 9.69. The average molecular weight is 235 g/mol. The standard InChI is InChI=1S/C8H13NO3S2/c1-6(2)9-8(10)13-7-3-4-14(11,12)5-7/h3-4,6-7H,5H2,1-2H3,(H,9,10)/t7-/m1/s1. The molecule has 1 aliphatic rings. The summed E-state index contributed by atoms with van der Waals surface area (Å²) in [7, 11) is -3.05. The first kappa shape index (κ1) is 11.6. The minimum Gasteiger partial charge on any atom is -0.345 e. The van der Waals surface area contributed by atoms with E-state index in [2.05, 4.69) is 5.32 Å². The van der Waals surface area contributed by atoms with Gasteiger partial charge in [0, 0.05) is 16.7 Å². The highest BCUT2D eigenvalue weighted by atomic mass is 32.2. The van der Waals surface area contributed by atoms with Crippen LogP contribution in [-0.2, 0) is 9.84 Å². The molecule has 4 nitrogen and oxygen atoms in total. The van der Waals surface area contributed by atoms with E-state index in [4.69, 9.17) is 0 Å². The molecule has 80 valence electrons. The van der Waals surface area contributed by atoms with Gasteiger partial charge in [0.05, 0.1) is 5.75 Å². The first-order chi connectivity index (χ1) is 6.39. The van der Waals surface area contributed by atoms with E-state index in [0.717, 1.165) is 11.8 Å². The van der Waals surface area contributed by atoms with E-state index < -0.39 is 9.84 Å². The Morgan fingerprint density at radius 2 is 2.21 bits per heavy atom. The van der Waals surface area contributed by atoms with Gasteiger partial charge in [-0.3, -0.25) is 4.79 Å². The summed E-state index contributed by atoms with van der Waals surface area (Å²) < 4.78 is 22.0. The summed E-state index contributed by atoms with van der Waals surface area (Å²) >= 11 is 1.02. The molecule has 0 radical (unpaired) electrons. The lowest BCUT2D eigenvalue weighted by molar-refractivity contribution is 0.258. The van der Waals surface area contributed by atoms with Gasteiger partial charge < -0.3 is 5.32 Å². The number of hydrogen-bond donors (Lipinski definition) is 1. The van der Waals surface area contributed by atoms with Gasteiger partial charge in [-0.15, -0.1) is 0 Å². The molecule has 1 atom stereocenters. The van der Waals surface area contributed by atoms with Crippen molar-refractivity contribution in [1.82, 2.24) is 5.32 Å². The quantitative estimate of drug-likeness (QED) is 0.780. The largest absolute Gasteiger partial charge is 0.345 e. The molecule has 0 aromatic heterocycles. The zero-order valence-electron chi connectivity index (χ0n) is 8.06. The third-order valence-corrected chi connectivity index (χ3v) is 4.13. The fourth-order valence-corrected chi connectivity index (χ4v) is 3.81. The van der Waals surface area contributed by atoms with Crippen LogP contribution in [0, 0.1) is 0 Å². The maximum absolute atomic E-state index is 11.2. The van der Waals surface area contributed by atoms with Gasteiger partial charge in [-0.05, 0) is 13.8 Å². The van der Waals surface area contributed by atoms with E-state index in [9.17, 15) is 13.2 Å². The topological polar surface area (TPSA) is 63.2 Å². The third kappa shape index (κ3) is 3.71. The van der Waals surface area contributed by atoms with Gasteiger partial charge >= 0.3 is 0 Å². The zero-order chi connectivity index (χ0) is 10.8. The molecule has 0 aliphatic carbocycles. The van der Waals surface area contributed by atoms with Gasteiger partial charge in [0.2, 0.25) is 0 Å². The second-order valence-electron chi connectivity index (χ2n) is 3.40. The molecule has 0 aromatic rings. The summed E-state index contributed by atoms with van der Waals surface area (Å²) in [5.74, 6) is 0.0309. The lowest BCUT2D eigenvalue weighted by Crippen LogP contribution is -2.28. The normalized spacial score (nSPS) is 24.1. The Balaban J connectivity index is 2.41. The summed E-state index contributed by atoms with van der Waals surface area (Å²) in [6.07, 6.45) is 1.56. The molecule has 1 amide bonds. The Morgan fingerprint density at radius 3 is 2.64 bits per heavy atom. The summed E-state index contributed by atoms with van der Waals surface area (Å²) in [6.45, 7) is 3.72. The molecule has 1 N–H and O–H groups in total. The van der Waals surface area contributed by atoms with Crippen LogP contribution in [0.5, 0.6) is 0 Å². The molecule has 0 aromatic carbocycles. The molecule has 6 heteroatoms. The van der Waals surface area contributed by atoms with E-state index in [1.807, 2.05) is 13.8 Å². The van der Waals surface area contributed by atoms with Crippen molar-refractivity contribution >= 4 is 26.8 Å². The minimum absolute atomic E-state index is 0.0309. The van der Waals surface area contributed by atoms with Crippen molar-refractivity contribution in [3.05, 3.63) is 11.5 Å². The molecule has 0 bridgehead atoms. The van der Waals surface area contributed by atoms with Crippen LogP contribution in [0.4, 0.5) is 4.79 Å². The van der Waals surface area contributed by atoms with E-state index in [1.165, 1.54) is 5.41 Å². The lowest BCUT2D eigenvalue weighted by atomic mass is 10.4. The molecular formula is C8H13NO3S2. The number of carbonyl (C=O) groups excluding carboxylic acids is 1. The number of hydrogen-bond acceptors (Lipinski definition) is 4. The number of carbonyl (C=O) groups is 1. The van der Waals surface area contributed by atoms with Crippen molar-refractivity contribution in [2.24, 2.45) is 0 Å². The highest BCUT2D eigenvalue weighted by molar-refractivity contribution is 8.15. The SMILES string of the molecule is CC(C)NC(=O)S[C@@H]1C=CS(=O)(=O)C1. The van der Waals surface area contributed by atoms with E-state index in [-0.39, 0.29) is 22.3 Å². The Labute approximate surface area is 88.1 Å². The van der Waals surface area contributed by atoms with Crippen LogP contribution in [-0.4, -0.2) is 30.7 Å². The third-order valence-electron chi connectivity index (χ3n) is 1.56. The van der Waals surface area contributed by atoms with Gasteiger partial charge in [0.15, 0.2) is 9.84 Å². The predicted molar refractivity (Wildman–Crippen MR) is 58.0 cm³/mol. The van der Waals surface area contributed by atoms with E-state index in [0.29, 0.717) is 0 Å². The number of sulfone groups is 1. The number of rotatable bonds is 2. The van der Waals surface area contributed by atoms with E-state index >= 15 is 0 Å². The van der Waals surface area contributed by atoms with Crippen LogP contribution >= 0.6 is 11.8 Å². The molecule has 0 saturated carbocycles. The molecule has 14 heavy (non-hydrogen) atoms. The Morgan fingerprint density at radius 1 is 1.57 bits per heavy atom. The van der Waals surface area contributed by atoms with E-state index in [1.54, 1.807) is 6.08 Å². The molecule has 1 aliphatic heterocycles. The maximum atomic E-state index is 11.2. The van der Waals surface area contributed by atoms with Gasteiger partial charge in [0.1, 0.15) is 0 Å². The number of thioether (sulfide) groups is 1. The Bertz CT molecular complexity index is 346. The van der Waals surface area contributed by atoms with Gasteiger partial charge in [0.25, 0.3) is 5.24 Å². The Kier molecular flexibility index (Phi) is 3.60. The lowest BCUT2D eigenvalue weighted by Gasteiger charge is -2.09. The van der Waals surface area contributed by atoms with Crippen LogP contribution in [0.2, 0.25) is 0 Å². The molecule has 0 spiro atoms. The predicted octanol–water partition coefficient (Wildman–Crippen LogP) is 1.15. The average Bonchev–Trinajstić information content (AvgIpc) is 2.27. The summed E-state index contributed by atoms with van der Waals surface area (Å²) in [5.41, 5.74) is 0. The van der Waals surface area contributed by atoms with Crippen molar-refractivity contribution in [3.63, 3.8) is 0 Å². The second-order valence-corrected chi connectivity index (χ2v) is 6.54. The Hall–Kier alpha value is -0.490. The van der Waals surface area contributed by atoms with Crippen molar-refractivity contribution in [3.8, 4) is 0 Å². The molecule has 0 fully saturated rings. The van der Waals surface area contributed by atoms with Gasteiger partial charge in [-0.1, -0.05) is 17.8 Å². The maximum Gasteiger partial charge on any atom is 0.279 e. The minimum atomic E-state index is -3.05. The first-order valence-electron chi connectivity index (χ1n) is 4.27. The summed E-state index contributed by atoms with van der Waals surface area (Å²) in [6, 6.07) is 0.0805. The second kappa shape index (κ2) is 4.35. The molecule has 1 rings (SSSR count). The molecular weight excluding hydrogens is 222 g/mol. The number of nitrogens with one attached hydrogen (secondary N) is 1.